The first kappa shape index (κ1) is 24.5. The van der Waals surface area contributed by atoms with Crippen molar-refractivity contribution in [3.63, 3.8) is 0 Å². The lowest BCUT2D eigenvalue weighted by Crippen LogP contribution is -2.51. The van der Waals surface area contributed by atoms with Crippen molar-refractivity contribution in [2.75, 3.05) is 53.5 Å². The number of hydrogen-bond donors (Lipinski definition) is 0. The maximum Gasteiger partial charge on any atom is 0.237 e. The number of rotatable bonds is 8. The van der Waals surface area contributed by atoms with Crippen LogP contribution in [0.1, 0.15) is 30.0 Å². The van der Waals surface area contributed by atoms with Crippen molar-refractivity contribution >= 4 is 15.9 Å². The zero-order chi connectivity index (χ0) is 24.1. The van der Waals surface area contributed by atoms with Gasteiger partial charge in [-0.1, -0.05) is 30.3 Å². The standard InChI is InChI=1S/C25H33N3O5S/c1-32-21-10-11-22(24(17-21)33-2)23-9-6-12-28(23)25(29)18-26-13-15-27(16-14-26)34(30,31)19-20-7-4-3-5-8-20/h3-5,7-8,10-11,17,23H,6,9,12-16,18-19H2,1-2H3. The maximum atomic E-state index is 13.2. The molecule has 2 aromatic carbocycles. The molecule has 2 aliphatic heterocycles. The molecule has 1 atom stereocenters. The molecule has 0 aliphatic carbocycles. The Kier molecular flexibility index (Phi) is 7.75. The van der Waals surface area contributed by atoms with Crippen LogP contribution in [-0.4, -0.2) is 81.9 Å². The van der Waals surface area contributed by atoms with Crippen LogP contribution < -0.4 is 9.47 Å². The van der Waals surface area contributed by atoms with Gasteiger partial charge in [-0.3, -0.25) is 9.69 Å². The summed E-state index contributed by atoms with van der Waals surface area (Å²) in [6.45, 7) is 2.90. The van der Waals surface area contributed by atoms with E-state index in [0.29, 0.717) is 39.3 Å². The fourth-order valence-corrected chi connectivity index (χ4v) is 6.32. The van der Waals surface area contributed by atoms with E-state index in [1.807, 2.05) is 53.4 Å². The quantitative estimate of drug-likeness (QED) is 0.569. The van der Waals surface area contributed by atoms with Crippen LogP contribution in [0.5, 0.6) is 11.5 Å². The topological polar surface area (TPSA) is 79.4 Å². The number of carbonyl (C=O) groups excluding carboxylic acids is 1. The van der Waals surface area contributed by atoms with Crippen molar-refractivity contribution in [1.82, 2.24) is 14.1 Å². The number of sulfonamides is 1. The fourth-order valence-electron chi connectivity index (χ4n) is 4.81. The highest BCUT2D eigenvalue weighted by Crippen LogP contribution is 2.38. The molecular weight excluding hydrogens is 454 g/mol. The van der Waals surface area contributed by atoms with E-state index in [-0.39, 0.29) is 17.7 Å². The summed E-state index contributed by atoms with van der Waals surface area (Å²) in [5.41, 5.74) is 1.78. The summed E-state index contributed by atoms with van der Waals surface area (Å²) in [4.78, 5) is 17.2. The van der Waals surface area contributed by atoms with E-state index in [2.05, 4.69) is 4.90 Å². The average Bonchev–Trinajstić information content (AvgIpc) is 3.34. The Morgan fingerprint density at radius 1 is 0.971 bits per heavy atom. The molecule has 34 heavy (non-hydrogen) atoms. The second-order valence-electron chi connectivity index (χ2n) is 8.77. The summed E-state index contributed by atoms with van der Waals surface area (Å²) in [5.74, 6) is 1.52. The number of nitrogens with zero attached hydrogens (tertiary/aromatic N) is 3. The number of hydrogen-bond acceptors (Lipinski definition) is 6. The zero-order valence-corrected chi connectivity index (χ0v) is 20.7. The van der Waals surface area contributed by atoms with Crippen molar-refractivity contribution in [2.45, 2.75) is 24.6 Å². The van der Waals surface area contributed by atoms with E-state index in [1.54, 1.807) is 18.5 Å². The van der Waals surface area contributed by atoms with Crippen LogP contribution in [-0.2, 0) is 20.6 Å². The molecule has 0 saturated carbocycles. The highest BCUT2D eigenvalue weighted by atomic mass is 32.2. The summed E-state index contributed by atoms with van der Waals surface area (Å²) in [6, 6.07) is 14.9. The van der Waals surface area contributed by atoms with Gasteiger partial charge in [-0.25, -0.2) is 8.42 Å². The zero-order valence-electron chi connectivity index (χ0n) is 19.9. The van der Waals surface area contributed by atoms with Gasteiger partial charge in [-0.15, -0.1) is 0 Å². The number of carbonyl (C=O) groups is 1. The van der Waals surface area contributed by atoms with Gasteiger partial charge >= 0.3 is 0 Å². The third-order valence-electron chi connectivity index (χ3n) is 6.65. The largest absolute Gasteiger partial charge is 0.497 e. The Balaban J connectivity index is 1.35. The van der Waals surface area contributed by atoms with Gasteiger partial charge in [0.2, 0.25) is 15.9 Å². The molecule has 0 radical (unpaired) electrons. The molecule has 1 unspecified atom stereocenters. The van der Waals surface area contributed by atoms with E-state index in [9.17, 15) is 13.2 Å². The third-order valence-corrected chi connectivity index (χ3v) is 8.50. The Hall–Kier alpha value is -2.62. The van der Waals surface area contributed by atoms with Gasteiger partial charge < -0.3 is 14.4 Å². The van der Waals surface area contributed by atoms with Gasteiger partial charge in [-0.05, 0) is 30.5 Å². The molecule has 2 aliphatic rings. The fraction of sp³-hybridized carbons (Fsp3) is 0.480. The van der Waals surface area contributed by atoms with Crippen LogP contribution >= 0.6 is 0 Å². The molecule has 0 spiro atoms. The van der Waals surface area contributed by atoms with Crippen LogP contribution in [0.3, 0.4) is 0 Å². The van der Waals surface area contributed by atoms with Crippen LogP contribution in [0, 0.1) is 0 Å². The van der Waals surface area contributed by atoms with E-state index in [4.69, 9.17) is 9.47 Å². The monoisotopic (exact) mass is 487 g/mol. The Bertz CT molecular complexity index is 1080. The number of amides is 1. The molecule has 184 valence electrons. The van der Waals surface area contributed by atoms with Crippen molar-refractivity contribution in [1.29, 1.82) is 0 Å². The lowest BCUT2D eigenvalue weighted by molar-refractivity contribution is -0.133. The molecule has 0 bridgehead atoms. The SMILES string of the molecule is COc1ccc(C2CCCN2C(=O)CN2CCN(S(=O)(=O)Cc3ccccc3)CC2)c(OC)c1. The summed E-state index contributed by atoms with van der Waals surface area (Å²) in [5, 5.41) is 0. The molecule has 0 N–H and O–H groups in total. The van der Waals surface area contributed by atoms with Crippen molar-refractivity contribution in [3.05, 3.63) is 59.7 Å². The lowest BCUT2D eigenvalue weighted by Gasteiger charge is -2.35. The molecule has 1 amide bonds. The minimum Gasteiger partial charge on any atom is -0.497 e. The maximum absolute atomic E-state index is 13.2. The molecule has 9 heteroatoms. The first-order valence-electron chi connectivity index (χ1n) is 11.7. The predicted octanol–water partition coefficient (Wildman–Crippen LogP) is 2.51. The molecule has 2 fully saturated rings. The number of likely N-dealkylation sites (tertiary alicyclic amines) is 1. The van der Waals surface area contributed by atoms with Gasteiger partial charge in [0.05, 0.1) is 32.6 Å². The second kappa shape index (κ2) is 10.8. The first-order chi connectivity index (χ1) is 16.4. The third kappa shape index (κ3) is 5.54. The predicted molar refractivity (Wildman–Crippen MR) is 130 cm³/mol. The molecule has 2 saturated heterocycles. The van der Waals surface area contributed by atoms with E-state index >= 15 is 0 Å². The Labute approximate surface area is 202 Å². The van der Waals surface area contributed by atoms with Crippen LogP contribution in [0.4, 0.5) is 0 Å². The van der Waals surface area contributed by atoms with E-state index < -0.39 is 10.0 Å². The minimum absolute atomic E-state index is 0.00588. The minimum atomic E-state index is -3.38. The molecule has 2 heterocycles. The number of methoxy groups -OCH3 is 2. The van der Waals surface area contributed by atoms with Crippen LogP contribution in [0.2, 0.25) is 0 Å². The molecule has 4 rings (SSSR count). The van der Waals surface area contributed by atoms with Crippen molar-refractivity contribution in [2.24, 2.45) is 0 Å². The molecule has 0 aromatic heterocycles. The van der Waals surface area contributed by atoms with Gasteiger partial charge in [0.1, 0.15) is 11.5 Å². The number of benzene rings is 2. The summed E-state index contributed by atoms with van der Waals surface area (Å²) < 4.78 is 38.0. The Morgan fingerprint density at radius 2 is 1.71 bits per heavy atom. The highest BCUT2D eigenvalue weighted by molar-refractivity contribution is 7.88. The number of piperazine rings is 1. The average molecular weight is 488 g/mol. The van der Waals surface area contributed by atoms with Crippen LogP contribution in [0.25, 0.3) is 0 Å². The van der Waals surface area contributed by atoms with Gasteiger partial charge in [0.25, 0.3) is 0 Å². The summed E-state index contributed by atoms with van der Waals surface area (Å²) in [6.07, 6.45) is 1.83. The van der Waals surface area contributed by atoms with Gasteiger partial charge in [0.15, 0.2) is 0 Å². The van der Waals surface area contributed by atoms with E-state index in [1.165, 1.54) is 0 Å². The van der Waals surface area contributed by atoms with E-state index in [0.717, 1.165) is 35.5 Å². The number of ether oxygens (including phenoxy) is 2. The van der Waals surface area contributed by atoms with Gasteiger partial charge in [-0.2, -0.15) is 4.31 Å². The van der Waals surface area contributed by atoms with Crippen molar-refractivity contribution < 1.29 is 22.7 Å². The van der Waals surface area contributed by atoms with Crippen molar-refractivity contribution in [3.8, 4) is 11.5 Å². The second-order valence-corrected chi connectivity index (χ2v) is 10.7. The first-order valence-corrected chi connectivity index (χ1v) is 13.3. The molecular formula is C25H33N3O5S. The normalized spacial score (nSPS) is 19.8. The molecule has 2 aromatic rings. The Morgan fingerprint density at radius 3 is 2.38 bits per heavy atom. The highest BCUT2D eigenvalue weighted by Gasteiger charge is 2.34. The smallest absolute Gasteiger partial charge is 0.237 e. The lowest BCUT2D eigenvalue weighted by atomic mass is 10.0. The summed E-state index contributed by atoms with van der Waals surface area (Å²) >= 11 is 0. The summed E-state index contributed by atoms with van der Waals surface area (Å²) in [7, 11) is -0.128. The molecule has 8 nitrogen and oxygen atoms in total. The van der Waals surface area contributed by atoms with Gasteiger partial charge in [0, 0.05) is 44.4 Å². The van der Waals surface area contributed by atoms with Crippen LogP contribution in [0.15, 0.2) is 48.5 Å².